The van der Waals surface area contributed by atoms with E-state index < -0.39 is 0 Å². The zero-order valence-electron chi connectivity index (χ0n) is 11.1. The van der Waals surface area contributed by atoms with Crippen molar-refractivity contribution in [3.05, 3.63) is 47.0 Å². The lowest BCUT2D eigenvalue weighted by Gasteiger charge is -2.06. The second kappa shape index (κ2) is 6.20. The normalized spacial score (nSPS) is 16.1. The van der Waals surface area contributed by atoms with Crippen molar-refractivity contribution in [2.45, 2.75) is 6.61 Å². The third kappa shape index (κ3) is 3.29. The number of hydrogen-bond donors (Lipinski definition) is 2. The molecule has 2 heterocycles. The van der Waals surface area contributed by atoms with Crippen LogP contribution >= 0.6 is 24.0 Å². The van der Waals surface area contributed by atoms with Crippen molar-refractivity contribution in [1.29, 1.82) is 0 Å². The van der Waals surface area contributed by atoms with E-state index in [9.17, 15) is 9.90 Å². The molecule has 0 saturated carbocycles. The Morgan fingerprint density at radius 1 is 1.50 bits per heavy atom. The number of amides is 1. The van der Waals surface area contributed by atoms with E-state index in [4.69, 9.17) is 21.4 Å². The molecule has 0 spiro atoms. The van der Waals surface area contributed by atoms with Gasteiger partial charge in [0.15, 0.2) is 18.1 Å². The summed E-state index contributed by atoms with van der Waals surface area (Å²) in [6, 6.07) is 4.85. The summed E-state index contributed by atoms with van der Waals surface area (Å²) >= 11 is 6.10. The first-order valence-corrected chi connectivity index (χ1v) is 7.43. The van der Waals surface area contributed by atoms with Crippen LogP contribution in [0.1, 0.15) is 11.5 Å². The van der Waals surface area contributed by atoms with Crippen molar-refractivity contribution in [2.75, 3.05) is 0 Å². The SMILES string of the molecule is O=C1NC(=S)S/C1=C\c1ccc(OCc2ncco2)c(O)c1. The largest absolute Gasteiger partial charge is 0.504 e. The number of nitrogens with zero attached hydrogens (tertiary/aromatic N) is 1. The minimum atomic E-state index is -0.237. The molecule has 6 nitrogen and oxygen atoms in total. The molecule has 2 N–H and O–H groups in total. The van der Waals surface area contributed by atoms with Gasteiger partial charge in [-0.1, -0.05) is 30.0 Å². The zero-order chi connectivity index (χ0) is 15.5. The second-order valence-corrected chi connectivity index (χ2v) is 6.01. The quantitative estimate of drug-likeness (QED) is 0.656. The Balaban J connectivity index is 1.73. The zero-order valence-corrected chi connectivity index (χ0v) is 12.7. The number of phenolic OH excluding ortho intramolecular Hbond substituents is 1. The predicted molar refractivity (Wildman–Crippen MR) is 85.3 cm³/mol. The first-order chi connectivity index (χ1) is 10.6. The van der Waals surface area contributed by atoms with Crippen LogP contribution in [0.2, 0.25) is 0 Å². The van der Waals surface area contributed by atoms with E-state index in [1.807, 2.05) is 0 Å². The number of carbonyl (C=O) groups excluding carboxylic acids is 1. The van der Waals surface area contributed by atoms with Crippen LogP contribution < -0.4 is 10.1 Å². The lowest BCUT2D eigenvalue weighted by molar-refractivity contribution is -0.115. The molecular formula is C14H10N2O4S2. The number of aromatic nitrogens is 1. The van der Waals surface area contributed by atoms with Gasteiger partial charge < -0.3 is 19.6 Å². The van der Waals surface area contributed by atoms with Crippen molar-refractivity contribution in [3.8, 4) is 11.5 Å². The van der Waals surface area contributed by atoms with E-state index in [2.05, 4.69) is 10.3 Å². The summed E-state index contributed by atoms with van der Waals surface area (Å²) in [6.07, 6.45) is 4.61. The van der Waals surface area contributed by atoms with Gasteiger partial charge >= 0.3 is 0 Å². The molecule has 1 aliphatic rings. The van der Waals surface area contributed by atoms with Gasteiger partial charge in [0.05, 0.1) is 11.1 Å². The van der Waals surface area contributed by atoms with E-state index in [1.165, 1.54) is 30.3 Å². The summed E-state index contributed by atoms with van der Waals surface area (Å²) in [5.74, 6) is 0.447. The summed E-state index contributed by atoms with van der Waals surface area (Å²) in [5.41, 5.74) is 0.670. The Hall–Kier alpha value is -2.32. The Morgan fingerprint density at radius 2 is 2.36 bits per heavy atom. The monoisotopic (exact) mass is 334 g/mol. The van der Waals surface area contributed by atoms with Gasteiger partial charge in [0.2, 0.25) is 5.89 Å². The molecule has 8 heteroatoms. The highest BCUT2D eigenvalue weighted by molar-refractivity contribution is 8.26. The maximum atomic E-state index is 11.6. The average molecular weight is 334 g/mol. The van der Waals surface area contributed by atoms with Gasteiger partial charge in [0.1, 0.15) is 10.6 Å². The molecule has 1 aromatic heterocycles. The van der Waals surface area contributed by atoms with Crippen molar-refractivity contribution in [1.82, 2.24) is 10.3 Å². The van der Waals surface area contributed by atoms with E-state index in [0.717, 1.165) is 0 Å². The summed E-state index contributed by atoms with van der Waals surface area (Å²) in [7, 11) is 0. The highest BCUT2D eigenvalue weighted by Crippen LogP contribution is 2.31. The van der Waals surface area contributed by atoms with Gasteiger partial charge in [-0.05, 0) is 23.8 Å². The second-order valence-electron chi connectivity index (χ2n) is 4.29. The molecule has 1 saturated heterocycles. The number of thioether (sulfide) groups is 1. The average Bonchev–Trinajstić information content (AvgIpc) is 3.08. The number of nitrogens with one attached hydrogen (secondary N) is 1. The lowest BCUT2D eigenvalue weighted by atomic mass is 10.2. The third-order valence-corrected chi connectivity index (χ3v) is 3.92. The number of phenols is 1. The molecule has 112 valence electrons. The number of ether oxygens (including phenoxy) is 1. The van der Waals surface area contributed by atoms with Crippen molar-refractivity contribution in [3.63, 3.8) is 0 Å². The standard InChI is InChI=1S/C14H10N2O4S2/c17-9-5-8(6-11-13(18)16-14(21)22-11)1-2-10(9)20-7-12-15-3-4-19-12/h1-6,17H,7H2,(H,16,18,21)/b11-6-. The van der Waals surface area contributed by atoms with Crippen molar-refractivity contribution in [2.24, 2.45) is 0 Å². The number of aromatic hydroxyl groups is 1. The Morgan fingerprint density at radius 3 is 3.00 bits per heavy atom. The molecule has 0 bridgehead atoms. The van der Waals surface area contributed by atoms with Crippen LogP contribution in [-0.2, 0) is 11.4 Å². The van der Waals surface area contributed by atoms with Crippen LogP contribution in [0.3, 0.4) is 0 Å². The Kier molecular flexibility index (Phi) is 4.12. The third-order valence-electron chi connectivity index (χ3n) is 2.76. The van der Waals surface area contributed by atoms with Crippen LogP contribution in [-0.4, -0.2) is 20.3 Å². The highest BCUT2D eigenvalue weighted by atomic mass is 32.2. The summed E-state index contributed by atoms with van der Waals surface area (Å²) in [4.78, 5) is 16.0. The molecule has 1 fully saturated rings. The first-order valence-electron chi connectivity index (χ1n) is 6.21. The van der Waals surface area contributed by atoms with Crippen molar-refractivity contribution >= 4 is 40.3 Å². The van der Waals surface area contributed by atoms with Crippen LogP contribution in [0.15, 0.2) is 40.0 Å². The highest BCUT2D eigenvalue weighted by Gasteiger charge is 2.22. The van der Waals surface area contributed by atoms with Gasteiger partial charge in [-0.2, -0.15) is 0 Å². The fourth-order valence-corrected chi connectivity index (χ4v) is 2.83. The number of rotatable bonds is 4. The molecule has 0 unspecified atom stereocenters. The van der Waals surface area contributed by atoms with Crippen LogP contribution in [0.4, 0.5) is 0 Å². The predicted octanol–water partition coefficient (Wildman–Crippen LogP) is 2.45. The molecule has 0 aliphatic carbocycles. The van der Waals surface area contributed by atoms with E-state index in [0.29, 0.717) is 26.4 Å². The van der Waals surface area contributed by atoms with E-state index in [-0.39, 0.29) is 18.3 Å². The van der Waals surface area contributed by atoms with E-state index >= 15 is 0 Å². The van der Waals surface area contributed by atoms with Gasteiger partial charge in [-0.15, -0.1) is 0 Å². The van der Waals surface area contributed by atoms with Gasteiger partial charge in [-0.3, -0.25) is 4.79 Å². The summed E-state index contributed by atoms with van der Waals surface area (Å²) in [6.45, 7) is 0.119. The maximum absolute atomic E-state index is 11.6. The van der Waals surface area contributed by atoms with Crippen LogP contribution in [0.5, 0.6) is 11.5 Å². The topological polar surface area (TPSA) is 84.6 Å². The molecule has 1 amide bonds. The number of benzene rings is 1. The first kappa shape index (κ1) is 14.6. The molecule has 3 rings (SSSR count). The molecule has 1 aromatic carbocycles. The number of carbonyl (C=O) groups is 1. The molecular weight excluding hydrogens is 324 g/mol. The lowest BCUT2D eigenvalue weighted by Crippen LogP contribution is -2.17. The number of oxazole rings is 1. The molecule has 0 radical (unpaired) electrons. The number of hydrogen-bond acceptors (Lipinski definition) is 7. The molecule has 2 aromatic rings. The Bertz CT molecular complexity index is 756. The molecule has 22 heavy (non-hydrogen) atoms. The minimum absolute atomic E-state index is 0.0353. The summed E-state index contributed by atoms with van der Waals surface area (Å²) < 4.78 is 10.9. The fourth-order valence-electron chi connectivity index (χ4n) is 1.78. The smallest absolute Gasteiger partial charge is 0.263 e. The van der Waals surface area contributed by atoms with Gasteiger partial charge in [-0.25, -0.2) is 4.98 Å². The minimum Gasteiger partial charge on any atom is -0.504 e. The molecule has 0 atom stereocenters. The van der Waals surface area contributed by atoms with Gasteiger partial charge in [0.25, 0.3) is 5.91 Å². The van der Waals surface area contributed by atoms with Crippen molar-refractivity contribution < 1.29 is 19.1 Å². The van der Waals surface area contributed by atoms with E-state index in [1.54, 1.807) is 18.2 Å². The Labute approximate surface area is 135 Å². The van der Waals surface area contributed by atoms with Gasteiger partial charge in [0, 0.05) is 0 Å². The van der Waals surface area contributed by atoms with Crippen LogP contribution in [0, 0.1) is 0 Å². The fraction of sp³-hybridized carbons (Fsp3) is 0.0714. The summed E-state index contributed by atoms with van der Waals surface area (Å²) in [5, 5.41) is 12.5. The van der Waals surface area contributed by atoms with Crippen LogP contribution in [0.25, 0.3) is 6.08 Å². The molecule has 1 aliphatic heterocycles. The maximum Gasteiger partial charge on any atom is 0.263 e. The number of thiocarbonyl (C=S) groups is 1.